The predicted molar refractivity (Wildman–Crippen MR) is 96.2 cm³/mol. The maximum Gasteiger partial charge on any atom is 0.258 e. The van der Waals surface area contributed by atoms with E-state index in [9.17, 15) is 9.59 Å². The van der Waals surface area contributed by atoms with Gasteiger partial charge in [-0.25, -0.2) is 4.98 Å². The molecule has 1 amide bonds. The molecule has 1 heterocycles. The second-order valence-electron chi connectivity index (χ2n) is 5.26. The zero-order chi connectivity index (χ0) is 17.1. The lowest BCUT2D eigenvalue weighted by atomic mass is 10.2. The summed E-state index contributed by atoms with van der Waals surface area (Å²) >= 11 is 5.82. The van der Waals surface area contributed by atoms with Crippen LogP contribution in [0.1, 0.15) is 11.4 Å². The number of nitrogens with one attached hydrogen (secondary N) is 2. The number of H-pyrrole nitrogens is 1. The Morgan fingerprint density at radius 2 is 1.96 bits per heavy atom. The van der Waals surface area contributed by atoms with Crippen molar-refractivity contribution in [3.63, 3.8) is 0 Å². The van der Waals surface area contributed by atoms with Crippen LogP contribution < -0.4 is 10.9 Å². The molecule has 0 aliphatic rings. The van der Waals surface area contributed by atoms with Gasteiger partial charge in [0, 0.05) is 16.8 Å². The van der Waals surface area contributed by atoms with Crippen LogP contribution in [0.5, 0.6) is 0 Å². The van der Waals surface area contributed by atoms with Crippen LogP contribution in [-0.4, -0.2) is 15.9 Å². The van der Waals surface area contributed by atoms with Crippen LogP contribution in [0, 0.1) is 6.92 Å². The van der Waals surface area contributed by atoms with Crippen LogP contribution in [0.15, 0.2) is 53.3 Å². The van der Waals surface area contributed by atoms with Gasteiger partial charge in [0.15, 0.2) is 0 Å². The Balaban J connectivity index is 1.78. The summed E-state index contributed by atoms with van der Waals surface area (Å²) in [5, 5.41) is 3.88. The van der Waals surface area contributed by atoms with Crippen molar-refractivity contribution in [2.24, 2.45) is 0 Å². The monoisotopic (exact) mass is 339 g/mol. The molecule has 2 N–H and O–H groups in total. The number of aromatic nitrogens is 2. The molecule has 0 unspecified atom stereocenters. The molecule has 3 rings (SSSR count). The molecule has 2 aromatic carbocycles. The first-order valence-corrected chi connectivity index (χ1v) is 7.64. The van der Waals surface area contributed by atoms with Gasteiger partial charge < -0.3 is 10.3 Å². The highest BCUT2D eigenvalue weighted by Crippen LogP contribution is 2.15. The second kappa shape index (κ2) is 6.68. The van der Waals surface area contributed by atoms with Crippen molar-refractivity contribution in [1.29, 1.82) is 0 Å². The topological polar surface area (TPSA) is 74.8 Å². The molecule has 0 radical (unpaired) electrons. The first-order valence-electron chi connectivity index (χ1n) is 7.26. The number of amides is 1. The van der Waals surface area contributed by atoms with E-state index in [2.05, 4.69) is 15.3 Å². The molecule has 0 aliphatic heterocycles. The van der Waals surface area contributed by atoms with Gasteiger partial charge in [0.05, 0.1) is 10.9 Å². The van der Waals surface area contributed by atoms with Gasteiger partial charge in [0.2, 0.25) is 5.91 Å². The van der Waals surface area contributed by atoms with Crippen LogP contribution in [-0.2, 0) is 4.79 Å². The van der Waals surface area contributed by atoms with Crippen LogP contribution in [0.25, 0.3) is 17.0 Å². The van der Waals surface area contributed by atoms with Gasteiger partial charge >= 0.3 is 0 Å². The molecule has 24 heavy (non-hydrogen) atoms. The molecule has 6 heteroatoms. The van der Waals surface area contributed by atoms with E-state index >= 15 is 0 Å². The minimum absolute atomic E-state index is 0.196. The lowest BCUT2D eigenvalue weighted by molar-refractivity contribution is -0.111. The highest BCUT2D eigenvalue weighted by molar-refractivity contribution is 6.30. The van der Waals surface area contributed by atoms with Crippen molar-refractivity contribution >= 4 is 40.2 Å². The molecule has 0 atom stereocenters. The molecule has 0 saturated heterocycles. The van der Waals surface area contributed by atoms with Gasteiger partial charge in [-0.3, -0.25) is 9.59 Å². The zero-order valence-corrected chi connectivity index (χ0v) is 13.6. The minimum atomic E-state index is -0.272. The van der Waals surface area contributed by atoms with E-state index in [1.165, 1.54) is 6.08 Å². The molecule has 0 aliphatic carbocycles. The van der Waals surface area contributed by atoms with Crippen molar-refractivity contribution in [3.05, 3.63) is 75.3 Å². The maximum atomic E-state index is 12.0. The van der Waals surface area contributed by atoms with Crippen molar-refractivity contribution < 1.29 is 4.79 Å². The van der Waals surface area contributed by atoms with Gasteiger partial charge in [-0.05, 0) is 48.9 Å². The Morgan fingerprint density at radius 3 is 2.71 bits per heavy atom. The predicted octanol–water partition coefficient (Wildman–Crippen LogP) is 3.54. The molecule has 1 aromatic heterocycles. The molecular formula is C18H14ClN3O2. The molecule has 120 valence electrons. The van der Waals surface area contributed by atoms with Crippen LogP contribution >= 0.6 is 11.6 Å². The third-order valence-corrected chi connectivity index (χ3v) is 3.64. The van der Waals surface area contributed by atoms with E-state index in [1.54, 1.807) is 43.3 Å². The summed E-state index contributed by atoms with van der Waals surface area (Å²) in [5.41, 5.74) is 1.79. The fraction of sp³-hybridized carbons (Fsp3) is 0.0556. The number of nitrogens with zero attached hydrogens (tertiary/aromatic N) is 1. The van der Waals surface area contributed by atoms with Crippen molar-refractivity contribution in [2.75, 3.05) is 5.32 Å². The van der Waals surface area contributed by atoms with Gasteiger partial charge in [0.1, 0.15) is 5.82 Å². The van der Waals surface area contributed by atoms with Crippen LogP contribution in [0.3, 0.4) is 0 Å². The lowest BCUT2D eigenvalue weighted by Crippen LogP contribution is -2.11. The number of carbonyl (C=O) groups excluding carboxylic acids is 1. The summed E-state index contributed by atoms with van der Waals surface area (Å²) < 4.78 is 0. The first-order chi connectivity index (χ1) is 11.5. The number of hydrogen-bond acceptors (Lipinski definition) is 3. The molecular weight excluding hydrogens is 326 g/mol. The summed E-state index contributed by atoms with van der Waals surface area (Å²) in [7, 11) is 0. The summed E-state index contributed by atoms with van der Waals surface area (Å²) in [5.74, 6) is 0.254. The van der Waals surface area contributed by atoms with Gasteiger partial charge in [0.25, 0.3) is 5.56 Å². The third kappa shape index (κ3) is 3.70. The van der Waals surface area contributed by atoms with E-state index in [0.717, 1.165) is 5.56 Å². The van der Waals surface area contributed by atoms with Crippen molar-refractivity contribution in [3.8, 4) is 0 Å². The SMILES string of the molecule is Cc1nc2cc(NC(=O)/C=C/c3ccc(Cl)cc3)ccc2c(=O)[nH]1. The Labute approximate surface area is 143 Å². The normalized spacial score (nSPS) is 11.1. The standard InChI is InChI=1S/C18H14ClN3O2/c1-11-20-16-10-14(7-8-15(16)18(24)21-11)22-17(23)9-4-12-2-5-13(19)6-3-12/h2-10H,1H3,(H,22,23)(H,20,21,24)/b9-4+. The molecule has 3 aromatic rings. The molecule has 0 spiro atoms. The zero-order valence-electron chi connectivity index (χ0n) is 12.8. The highest BCUT2D eigenvalue weighted by atomic mass is 35.5. The smallest absolute Gasteiger partial charge is 0.258 e. The van der Waals surface area contributed by atoms with Crippen molar-refractivity contribution in [1.82, 2.24) is 9.97 Å². The Bertz CT molecular complexity index is 991. The number of carbonyl (C=O) groups is 1. The summed E-state index contributed by atoms with van der Waals surface area (Å²) in [6, 6.07) is 12.1. The van der Waals surface area contributed by atoms with Gasteiger partial charge in [-0.2, -0.15) is 0 Å². The summed E-state index contributed by atoms with van der Waals surface area (Å²) in [6.07, 6.45) is 3.13. The van der Waals surface area contributed by atoms with Crippen molar-refractivity contribution in [2.45, 2.75) is 6.92 Å². The molecule has 0 saturated carbocycles. The van der Waals surface area contributed by atoms with Gasteiger partial charge in [-0.1, -0.05) is 23.7 Å². The second-order valence-corrected chi connectivity index (χ2v) is 5.69. The highest BCUT2D eigenvalue weighted by Gasteiger charge is 2.04. The quantitative estimate of drug-likeness (QED) is 0.717. The average molecular weight is 340 g/mol. The number of aryl methyl sites for hydroxylation is 1. The number of fused-ring (bicyclic) bond motifs is 1. The number of aromatic amines is 1. The molecule has 0 fully saturated rings. The van der Waals surface area contributed by atoms with E-state index in [0.29, 0.717) is 27.4 Å². The minimum Gasteiger partial charge on any atom is -0.322 e. The molecule has 5 nitrogen and oxygen atoms in total. The fourth-order valence-corrected chi connectivity index (χ4v) is 2.39. The molecule has 0 bridgehead atoms. The number of rotatable bonds is 3. The first kappa shape index (κ1) is 16.0. The van der Waals surface area contributed by atoms with Crippen LogP contribution in [0.2, 0.25) is 5.02 Å². The Morgan fingerprint density at radius 1 is 1.21 bits per heavy atom. The van der Waals surface area contributed by atoms with Crippen LogP contribution in [0.4, 0.5) is 5.69 Å². The number of halogens is 1. The largest absolute Gasteiger partial charge is 0.322 e. The lowest BCUT2D eigenvalue weighted by Gasteiger charge is -2.04. The number of anilines is 1. The Kier molecular flexibility index (Phi) is 4.44. The number of hydrogen-bond donors (Lipinski definition) is 2. The Hall–Kier alpha value is -2.92. The third-order valence-electron chi connectivity index (χ3n) is 3.39. The van der Waals surface area contributed by atoms with Gasteiger partial charge in [-0.15, -0.1) is 0 Å². The average Bonchev–Trinajstić information content (AvgIpc) is 2.54. The fourth-order valence-electron chi connectivity index (χ4n) is 2.26. The summed E-state index contributed by atoms with van der Waals surface area (Å²) in [4.78, 5) is 30.7. The van der Waals surface area contributed by atoms with E-state index in [4.69, 9.17) is 11.6 Å². The van der Waals surface area contributed by atoms with E-state index < -0.39 is 0 Å². The maximum absolute atomic E-state index is 12.0. The number of benzene rings is 2. The summed E-state index contributed by atoms with van der Waals surface area (Å²) in [6.45, 7) is 1.71. The van der Waals surface area contributed by atoms with E-state index in [-0.39, 0.29) is 11.5 Å². The van der Waals surface area contributed by atoms with E-state index in [1.807, 2.05) is 12.1 Å².